The molecule has 0 saturated carbocycles. The van der Waals surface area contributed by atoms with Crippen molar-refractivity contribution < 1.29 is 27.6 Å². The van der Waals surface area contributed by atoms with Crippen LogP contribution in [0.1, 0.15) is 40.2 Å². The molecule has 0 radical (unpaired) electrons. The maximum absolute atomic E-state index is 12.7. The van der Waals surface area contributed by atoms with Crippen LogP contribution in [-0.4, -0.2) is 27.4 Å². The first kappa shape index (κ1) is 19.8. The largest absolute Gasteiger partial charge is 0.530 e. The van der Waals surface area contributed by atoms with Crippen molar-refractivity contribution in [1.82, 2.24) is 0 Å². The Labute approximate surface area is 138 Å². The van der Waals surface area contributed by atoms with Crippen molar-refractivity contribution in [1.29, 1.82) is 0 Å². The van der Waals surface area contributed by atoms with Crippen LogP contribution in [-0.2, 0) is 19.0 Å². The van der Waals surface area contributed by atoms with Crippen LogP contribution < -0.4 is 14.0 Å². The van der Waals surface area contributed by atoms with E-state index in [1.165, 1.54) is 7.11 Å². The van der Waals surface area contributed by atoms with Crippen molar-refractivity contribution in [3.8, 4) is 17.2 Å². The standard InChI is InChI=1S/C16H27O6P/c1-8-20-23(17,21-9-2)22-15-13(16(3,4)5)10-12(18-6)11-14(15)19-7/h10-11H,8-9H2,1-7H3. The number of hydrogen-bond donors (Lipinski definition) is 0. The Morgan fingerprint density at radius 1 is 1.00 bits per heavy atom. The number of rotatable bonds is 8. The highest BCUT2D eigenvalue weighted by Crippen LogP contribution is 2.54. The normalized spacial score (nSPS) is 12.1. The summed E-state index contributed by atoms with van der Waals surface area (Å²) >= 11 is 0. The van der Waals surface area contributed by atoms with Crippen LogP contribution in [0.4, 0.5) is 0 Å². The molecule has 0 aliphatic rings. The van der Waals surface area contributed by atoms with Gasteiger partial charge < -0.3 is 14.0 Å². The van der Waals surface area contributed by atoms with Gasteiger partial charge in [-0.25, -0.2) is 4.57 Å². The Morgan fingerprint density at radius 2 is 1.57 bits per heavy atom. The predicted molar refractivity (Wildman–Crippen MR) is 89.7 cm³/mol. The van der Waals surface area contributed by atoms with Gasteiger partial charge in [-0.15, -0.1) is 0 Å². The number of phosphoric ester groups is 1. The third kappa shape index (κ3) is 5.13. The van der Waals surface area contributed by atoms with Gasteiger partial charge in [0.1, 0.15) is 5.75 Å². The van der Waals surface area contributed by atoms with Gasteiger partial charge in [0.2, 0.25) is 0 Å². The molecule has 1 aromatic carbocycles. The Balaban J connectivity index is 3.45. The quantitative estimate of drug-likeness (QED) is 0.643. The second-order valence-corrected chi connectivity index (χ2v) is 7.42. The topological polar surface area (TPSA) is 63.2 Å². The fourth-order valence-electron chi connectivity index (χ4n) is 2.02. The van der Waals surface area contributed by atoms with E-state index in [2.05, 4.69) is 0 Å². The van der Waals surface area contributed by atoms with Gasteiger partial charge in [-0.05, 0) is 25.3 Å². The molecule has 0 aliphatic carbocycles. The summed E-state index contributed by atoms with van der Waals surface area (Å²) in [5.74, 6) is 1.38. The van der Waals surface area contributed by atoms with Gasteiger partial charge in [0.15, 0.2) is 11.5 Å². The minimum atomic E-state index is -3.72. The molecule has 1 rings (SSSR count). The van der Waals surface area contributed by atoms with E-state index in [0.717, 1.165) is 5.56 Å². The van der Waals surface area contributed by atoms with E-state index >= 15 is 0 Å². The summed E-state index contributed by atoms with van der Waals surface area (Å²) in [5.41, 5.74) is 0.494. The highest BCUT2D eigenvalue weighted by molar-refractivity contribution is 7.48. The van der Waals surface area contributed by atoms with Gasteiger partial charge in [0.05, 0.1) is 27.4 Å². The molecule has 0 saturated heterocycles. The number of benzene rings is 1. The summed E-state index contributed by atoms with van der Waals surface area (Å²) in [6.07, 6.45) is 0. The molecule has 0 bridgehead atoms. The van der Waals surface area contributed by atoms with E-state index in [0.29, 0.717) is 17.2 Å². The zero-order valence-corrected chi connectivity index (χ0v) is 15.9. The molecular weight excluding hydrogens is 319 g/mol. The number of hydrogen-bond acceptors (Lipinski definition) is 6. The number of phosphoric acid groups is 1. The minimum Gasteiger partial charge on any atom is -0.497 e. The van der Waals surface area contributed by atoms with Crippen LogP contribution in [0.2, 0.25) is 0 Å². The van der Waals surface area contributed by atoms with Crippen LogP contribution in [0.25, 0.3) is 0 Å². The third-order valence-corrected chi connectivity index (χ3v) is 4.62. The first-order valence-electron chi connectivity index (χ1n) is 7.56. The highest BCUT2D eigenvalue weighted by Gasteiger charge is 2.33. The van der Waals surface area contributed by atoms with E-state index in [1.54, 1.807) is 27.0 Å². The molecule has 132 valence electrons. The lowest BCUT2D eigenvalue weighted by Crippen LogP contribution is -2.15. The van der Waals surface area contributed by atoms with Gasteiger partial charge >= 0.3 is 7.82 Å². The summed E-state index contributed by atoms with van der Waals surface area (Å²) in [5, 5.41) is 0. The van der Waals surface area contributed by atoms with Crippen molar-refractivity contribution in [2.75, 3.05) is 27.4 Å². The fourth-order valence-corrected chi connectivity index (χ4v) is 3.24. The van der Waals surface area contributed by atoms with Crippen LogP contribution >= 0.6 is 7.82 Å². The first-order valence-corrected chi connectivity index (χ1v) is 9.02. The summed E-state index contributed by atoms with van der Waals surface area (Å²) in [7, 11) is -0.632. The lowest BCUT2D eigenvalue weighted by atomic mass is 9.86. The molecule has 7 heteroatoms. The van der Waals surface area contributed by atoms with E-state index in [1.807, 2.05) is 26.8 Å². The SMILES string of the molecule is CCOP(=O)(OCC)Oc1c(OC)cc(OC)cc1C(C)(C)C. The zero-order chi connectivity index (χ0) is 17.7. The van der Waals surface area contributed by atoms with Crippen molar-refractivity contribution in [2.45, 2.75) is 40.0 Å². The van der Waals surface area contributed by atoms with Crippen molar-refractivity contribution in [3.63, 3.8) is 0 Å². The molecule has 0 fully saturated rings. The molecule has 0 heterocycles. The fraction of sp³-hybridized carbons (Fsp3) is 0.625. The molecule has 23 heavy (non-hydrogen) atoms. The summed E-state index contributed by atoms with van der Waals surface area (Å²) < 4.78 is 39.6. The van der Waals surface area contributed by atoms with Crippen LogP contribution in [0.3, 0.4) is 0 Å². The maximum Gasteiger partial charge on any atom is 0.530 e. The van der Waals surface area contributed by atoms with Gasteiger partial charge in [-0.2, -0.15) is 0 Å². The van der Waals surface area contributed by atoms with Crippen molar-refractivity contribution in [2.24, 2.45) is 0 Å². The molecule has 0 aliphatic heterocycles. The molecule has 1 aromatic rings. The Morgan fingerprint density at radius 3 is 1.96 bits per heavy atom. The Bertz CT molecular complexity index is 554. The molecule has 0 atom stereocenters. The smallest absolute Gasteiger partial charge is 0.497 e. The predicted octanol–water partition coefficient (Wildman–Crippen LogP) is 4.56. The van der Waals surface area contributed by atoms with Crippen LogP contribution in [0.15, 0.2) is 12.1 Å². The monoisotopic (exact) mass is 346 g/mol. The second-order valence-electron chi connectivity index (χ2n) is 5.83. The molecule has 0 N–H and O–H groups in total. The molecule has 0 amide bonds. The molecule has 0 spiro atoms. The van der Waals surface area contributed by atoms with Crippen LogP contribution in [0.5, 0.6) is 17.2 Å². The van der Waals surface area contributed by atoms with Gasteiger partial charge in [0, 0.05) is 11.6 Å². The van der Waals surface area contributed by atoms with Crippen LogP contribution in [0, 0.1) is 0 Å². The van der Waals surface area contributed by atoms with E-state index in [-0.39, 0.29) is 18.6 Å². The first-order chi connectivity index (χ1) is 10.7. The Hall–Kier alpha value is -1.23. The molecule has 6 nitrogen and oxygen atoms in total. The molecular formula is C16H27O6P. The lowest BCUT2D eigenvalue weighted by molar-refractivity contribution is 0.165. The molecule has 0 aromatic heterocycles. The van der Waals surface area contributed by atoms with E-state index in [4.69, 9.17) is 23.0 Å². The van der Waals surface area contributed by atoms with Gasteiger partial charge in [0.25, 0.3) is 0 Å². The summed E-state index contributed by atoms with van der Waals surface area (Å²) in [6.45, 7) is 9.91. The molecule has 0 unspecified atom stereocenters. The zero-order valence-electron chi connectivity index (χ0n) is 15.0. The number of methoxy groups -OCH3 is 2. The average Bonchev–Trinajstić information content (AvgIpc) is 2.46. The average molecular weight is 346 g/mol. The van der Waals surface area contributed by atoms with E-state index < -0.39 is 7.82 Å². The van der Waals surface area contributed by atoms with Crippen molar-refractivity contribution >= 4 is 7.82 Å². The second kappa shape index (κ2) is 8.04. The van der Waals surface area contributed by atoms with Gasteiger partial charge in [-0.3, -0.25) is 9.05 Å². The number of ether oxygens (including phenoxy) is 2. The maximum atomic E-state index is 12.7. The van der Waals surface area contributed by atoms with Gasteiger partial charge in [-0.1, -0.05) is 20.8 Å². The highest BCUT2D eigenvalue weighted by atomic mass is 31.2. The minimum absolute atomic E-state index is 0.209. The lowest BCUT2D eigenvalue weighted by Gasteiger charge is -2.27. The third-order valence-electron chi connectivity index (χ3n) is 3.07. The summed E-state index contributed by atoms with van der Waals surface area (Å²) in [6, 6.07) is 3.51. The Kier molecular flexibility index (Phi) is 6.93. The van der Waals surface area contributed by atoms with Crippen molar-refractivity contribution in [3.05, 3.63) is 17.7 Å². The van der Waals surface area contributed by atoms with E-state index in [9.17, 15) is 4.57 Å². The summed E-state index contributed by atoms with van der Waals surface area (Å²) in [4.78, 5) is 0.